The van der Waals surface area contributed by atoms with Gasteiger partial charge in [-0.15, -0.1) is 0 Å². The van der Waals surface area contributed by atoms with Gasteiger partial charge >= 0.3 is 12.1 Å². The average Bonchev–Trinajstić information content (AvgIpc) is 2.98. The van der Waals surface area contributed by atoms with E-state index < -0.39 is 17.6 Å². The van der Waals surface area contributed by atoms with Crippen LogP contribution in [-0.2, 0) is 0 Å². The minimum atomic E-state index is -0.519. The standard InChI is InChI=1S/C35H50N4O4/c1-5-6-7-8-9-10-11-12-13-22-36-33(42)38-23-14-15-24-39(34(43)37-35(2,3)4)32(41)30-21-17-19-28(26-30)27-18-16-20-29(25-27)31(38)40/h16-21,25-26H,5-15,22-24H2,1-4H3,(H,36,42)(H,37,43). The van der Waals surface area contributed by atoms with Crippen LogP contribution in [0.1, 0.15) is 119 Å². The van der Waals surface area contributed by atoms with Crippen molar-refractivity contribution in [1.82, 2.24) is 20.4 Å². The van der Waals surface area contributed by atoms with E-state index in [1.54, 1.807) is 36.4 Å². The van der Waals surface area contributed by atoms with Gasteiger partial charge in [0.2, 0.25) is 0 Å². The van der Waals surface area contributed by atoms with Crippen LogP contribution in [0, 0.1) is 0 Å². The van der Waals surface area contributed by atoms with Crippen molar-refractivity contribution in [3.63, 3.8) is 0 Å². The lowest BCUT2D eigenvalue weighted by molar-refractivity contribution is 0.0765. The van der Waals surface area contributed by atoms with Gasteiger partial charge in [-0.05, 0) is 75.4 Å². The van der Waals surface area contributed by atoms with Gasteiger partial charge in [-0.3, -0.25) is 19.4 Å². The molecule has 0 saturated carbocycles. The number of benzene rings is 2. The number of urea groups is 2. The van der Waals surface area contributed by atoms with Gasteiger partial charge in [-0.1, -0.05) is 82.6 Å². The molecule has 0 spiro atoms. The molecule has 6 amide bonds. The molecule has 1 aliphatic rings. The molecule has 2 N–H and O–H groups in total. The normalized spacial score (nSPS) is 14.3. The van der Waals surface area contributed by atoms with Gasteiger partial charge in [-0.25, -0.2) is 9.59 Å². The van der Waals surface area contributed by atoms with E-state index in [1.807, 2.05) is 32.9 Å². The molecule has 0 radical (unpaired) electrons. The van der Waals surface area contributed by atoms with Crippen LogP contribution in [0.15, 0.2) is 48.5 Å². The second kappa shape index (κ2) is 16.8. The van der Waals surface area contributed by atoms with Crippen molar-refractivity contribution in [1.29, 1.82) is 0 Å². The summed E-state index contributed by atoms with van der Waals surface area (Å²) in [5.74, 6) is -0.749. The third-order valence-electron chi connectivity index (χ3n) is 7.58. The van der Waals surface area contributed by atoms with Crippen LogP contribution in [0.2, 0.25) is 0 Å². The van der Waals surface area contributed by atoms with E-state index >= 15 is 0 Å². The van der Waals surface area contributed by atoms with Crippen LogP contribution < -0.4 is 10.6 Å². The van der Waals surface area contributed by atoms with Gasteiger partial charge in [0, 0.05) is 36.3 Å². The predicted molar refractivity (Wildman–Crippen MR) is 172 cm³/mol. The quantitative estimate of drug-likeness (QED) is 0.276. The van der Waals surface area contributed by atoms with Gasteiger partial charge in [0.1, 0.15) is 0 Å². The largest absolute Gasteiger partial charge is 0.338 e. The smallest absolute Gasteiger partial charge is 0.324 e. The zero-order chi connectivity index (χ0) is 31.2. The second-order valence-electron chi connectivity index (χ2n) is 12.5. The van der Waals surface area contributed by atoms with Crippen LogP contribution in [0.25, 0.3) is 11.1 Å². The van der Waals surface area contributed by atoms with E-state index in [-0.39, 0.29) is 24.9 Å². The molecular formula is C35H50N4O4. The number of nitrogens with one attached hydrogen (secondary N) is 2. The molecule has 2 aromatic rings. The highest BCUT2D eigenvalue weighted by Crippen LogP contribution is 2.24. The maximum absolute atomic E-state index is 13.6. The van der Waals surface area contributed by atoms with Crippen molar-refractivity contribution < 1.29 is 19.2 Å². The molecule has 0 unspecified atom stereocenters. The topological polar surface area (TPSA) is 98.8 Å². The molecule has 0 atom stereocenters. The van der Waals surface area contributed by atoms with Gasteiger partial charge in [-0.2, -0.15) is 0 Å². The van der Waals surface area contributed by atoms with E-state index in [2.05, 4.69) is 17.6 Å². The Kier molecular flexibility index (Phi) is 13.2. The average molecular weight is 591 g/mol. The lowest BCUT2D eigenvalue weighted by atomic mass is 10.00. The first kappa shape index (κ1) is 33.8. The lowest BCUT2D eigenvalue weighted by Crippen LogP contribution is -2.51. The van der Waals surface area contributed by atoms with Crippen LogP contribution in [-0.4, -0.2) is 58.8 Å². The molecule has 1 aliphatic heterocycles. The molecular weight excluding hydrogens is 540 g/mol. The first-order valence-electron chi connectivity index (χ1n) is 16.0. The predicted octanol–water partition coefficient (Wildman–Crippen LogP) is 7.78. The SMILES string of the molecule is CCCCCCCCCCCNC(=O)N1CCCCN(C(=O)NC(C)(C)C)C(=O)c2cccc(c2)-c2cccc(c2)C1=O. The minimum Gasteiger partial charge on any atom is -0.338 e. The molecule has 4 bridgehead atoms. The lowest BCUT2D eigenvalue weighted by Gasteiger charge is -2.28. The van der Waals surface area contributed by atoms with E-state index in [0.29, 0.717) is 30.5 Å². The van der Waals surface area contributed by atoms with Crippen molar-refractivity contribution in [3.8, 4) is 11.1 Å². The van der Waals surface area contributed by atoms with E-state index in [0.717, 1.165) is 30.4 Å². The molecule has 8 heteroatoms. The monoisotopic (exact) mass is 590 g/mol. The zero-order valence-corrected chi connectivity index (χ0v) is 26.5. The number of hydrogen-bond donors (Lipinski definition) is 2. The van der Waals surface area contributed by atoms with Crippen LogP contribution in [0.3, 0.4) is 0 Å². The summed E-state index contributed by atoms with van der Waals surface area (Å²) in [7, 11) is 0. The number of rotatable bonds is 10. The zero-order valence-electron chi connectivity index (χ0n) is 26.5. The Morgan fingerprint density at radius 3 is 1.60 bits per heavy atom. The third kappa shape index (κ3) is 10.8. The number of carbonyl (C=O) groups excluding carboxylic acids is 4. The number of unbranched alkanes of at least 4 members (excludes halogenated alkanes) is 8. The van der Waals surface area contributed by atoms with Gasteiger partial charge < -0.3 is 10.6 Å². The van der Waals surface area contributed by atoms with E-state index in [9.17, 15) is 19.2 Å². The highest BCUT2D eigenvalue weighted by molar-refractivity contribution is 6.06. The van der Waals surface area contributed by atoms with Crippen molar-refractivity contribution >= 4 is 23.9 Å². The maximum Gasteiger partial charge on any atom is 0.324 e. The number of hydrogen-bond acceptors (Lipinski definition) is 4. The number of amides is 6. The molecule has 8 nitrogen and oxygen atoms in total. The molecule has 1 heterocycles. The van der Waals surface area contributed by atoms with Crippen LogP contribution in [0.4, 0.5) is 9.59 Å². The molecule has 234 valence electrons. The number of carbonyl (C=O) groups is 4. The number of fused-ring (bicyclic) bond motifs is 5. The second-order valence-corrected chi connectivity index (χ2v) is 12.5. The van der Waals surface area contributed by atoms with Crippen LogP contribution >= 0.6 is 0 Å². The van der Waals surface area contributed by atoms with Crippen molar-refractivity contribution in [3.05, 3.63) is 59.7 Å². The van der Waals surface area contributed by atoms with E-state index in [1.165, 1.54) is 48.3 Å². The highest BCUT2D eigenvalue weighted by atomic mass is 16.2. The van der Waals surface area contributed by atoms with Crippen molar-refractivity contribution in [2.75, 3.05) is 19.6 Å². The van der Waals surface area contributed by atoms with Crippen LogP contribution in [0.5, 0.6) is 0 Å². The van der Waals surface area contributed by atoms with Gasteiger partial charge in [0.05, 0.1) is 0 Å². The Bertz CT molecular complexity index is 1240. The Labute approximate surface area is 257 Å². The van der Waals surface area contributed by atoms with Crippen molar-refractivity contribution in [2.24, 2.45) is 0 Å². The molecule has 0 fully saturated rings. The first-order valence-corrected chi connectivity index (χ1v) is 16.0. The van der Waals surface area contributed by atoms with Crippen molar-refractivity contribution in [2.45, 2.75) is 104 Å². The number of imide groups is 2. The third-order valence-corrected chi connectivity index (χ3v) is 7.58. The Hall–Kier alpha value is -3.68. The summed E-state index contributed by atoms with van der Waals surface area (Å²) >= 11 is 0. The molecule has 3 rings (SSSR count). The minimum absolute atomic E-state index is 0.165. The molecule has 0 aromatic heterocycles. The Morgan fingerprint density at radius 1 is 0.674 bits per heavy atom. The summed E-state index contributed by atoms with van der Waals surface area (Å²) in [5.41, 5.74) is 1.78. The summed E-state index contributed by atoms with van der Waals surface area (Å²) in [6, 6.07) is 13.3. The first-order chi connectivity index (χ1) is 20.6. The fraction of sp³-hybridized carbons (Fsp3) is 0.543. The molecule has 2 aromatic carbocycles. The number of nitrogens with zero attached hydrogens (tertiary/aromatic N) is 2. The summed E-state index contributed by atoms with van der Waals surface area (Å²) in [6.07, 6.45) is 11.6. The molecule has 0 saturated heterocycles. The Morgan fingerprint density at radius 2 is 1.12 bits per heavy atom. The van der Waals surface area contributed by atoms with E-state index in [4.69, 9.17) is 0 Å². The Balaban J connectivity index is 1.73. The molecule has 0 aliphatic carbocycles. The summed E-state index contributed by atoms with van der Waals surface area (Å²) in [6.45, 7) is 8.68. The van der Waals surface area contributed by atoms with Gasteiger partial charge in [0.25, 0.3) is 11.8 Å². The maximum atomic E-state index is 13.6. The molecule has 43 heavy (non-hydrogen) atoms. The van der Waals surface area contributed by atoms with Gasteiger partial charge in [0.15, 0.2) is 0 Å². The summed E-state index contributed by atoms with van der Waals surface area (Å²) < 4.78 is 0. The summed E-state index contributed by atoms with van der Waals surface area (Å²) in [5, 5.41) is 5.84. The summed E-state index contributed by atoms with van der Waals surface area (Å²) in [4.78, 5) is 56.1. The fourth-order valence-electron chi connectivity index (χ4n) is 5.22. The highest BCUT2D eigenvalue weighted by Gasteiger charge is 2.28. The fourth-order valence-corrected chi connectivity index (χ4v) is 5.22.